The zero-order chi connectivity index (χ0) is 14.9. The van der Waals surface area contributed by atoms with Crippen LogP contribution < -0.4 is 5.32 Å². The summed E-state index contributed by atoms with van der Waals surface area (Å²) in [6, 6.07) is 12.5. The maximum absolute atomic E-state index is 5.02. The quantitative estimate of drug-likeness (QED) is 0.756. The van der Waals surface area contributed by atoms with E-state index >= 15 is 0 Å². The normalized spacial score (nSPS) is 10.8. The topological polar surface area (TPSA) is 47.0 Å². The Balaban J connectivity index is 1.91. The average molecular weight is 285 g/mol. The molecule has 1 N–H and O–H groups in total. The minimum atomic E-state index is 0.713. The molecule has 0 aliphatic rings. The highest BCUT2D eigenvalue weighted by atomic mass is 16.5. The third-order valence-electron chi connectivity index (χ3n) is 3.22. The van der Waals surface area contributed by atoms with Gasteiger partial charge in [0.1, 0.15) is 5.82 Å². The second-order valence-corrected chi connectivity index (χ2v) is 5.07. The van der Waals surface area contributed by atoms with Gasteiger partial charge in [-0.2, -0.15) is 0 Å². The molecule has 0 aliphatic carbocycles. The number of aromatic nitrogens is 2. The molecule has 1 aromatic heterocycles. The largest absolute Gasteiger partial charge is 0.383 e. The van der Waals surface area contributed by atoms with Crippen molar-refractivity contribution >= 4 is 0 Å². The molecule has 4 nitrogen and oxygen atoms in total. The first-order valence-electron chi connectivity index (χ1n) is 7.35. The first kappa shape index (κ1) is 15.6. The number of nitrogens with one attached hydrogen (secondary N) is 1. The lowest BCUT2D eigenvalue weighted by molar-refractivity contribution is 0.199. The Kier molecular flexibility index (Phi) is 6.31. The van der Waals surface area contributed by atoms with E-state index in [1.165, 1.54) is 5.56 Å². The zero-order valence-electron chi connectivity index (χ0n) is 12.8. The molecule has 1 aromatic carbocycles. The minimum absolute atomic E-state index is 0.713. The Bertz CT molecular complexity index is 543. The van der Waals surface area contributed by atoms with Crippen LogP contribution in [0.5, 0.6) is 0 Å². The molecule has 0 aliphatic heterocycles. The summed E-state index contributed by atoms with van der Waals surface area (Å²) in [4.78, 5) is 9.16. The monoisotopic (exact) mass is 285 g/mol. The Morgan fingerprint density at radius 3 is 2.67 bits per heavy atom. The van der Waals surface area contributed by atoms with Crippen molar-refractivity contribution in [2.45, 2.75) is 26.3 Å². The Morgan fingerprint density at radius 1 is 1.10 bits per heavy atom. The molecule has 4 heteroatoms. The molecule has 0 saturated heterocycles. The summed E-state index contributed by atoms with van der Waals surface area (Å²) in [6.45, 7) is 4.32. The van der Waals surface area contributed by atoms with Crippen molar-refractivity contribution in [1.29, 1.82) is 0 Å². The van der Waals surface area contributed by atoms with Crippen molar-refractivity contribution in [3.05, 3.63) is 59.2 Å². The van der Waals surface area contributed by atoms with Gasteiger partial charge in [-0.1, -0.05) is 30.3 Å². The molecule has 2 rings (SSSR count). The van der Waals surface area contributed by atoms with Crippen LogP contribution >= 0.6 is 0 Å². The van der Waals surface area contributed by atoms with Crippen LogP contribution in [-0.2, 0) is 24.1 Å². The van der Waals surface area contributed by atoms with E-state index in [0.29, 0.717) is 6.61 Å². The van der Waals surface area contributed by atoms with Crippen molar-refractivity contribution in [1.82, 2.24) is 15.3 Å². The molecular formula is C17H23N3O. The first-order chi connectivity index (χ1) is 10.3. The SMILES string of the molecule is COCCNCc1cc(C)nc(CCc2ccccc2)n1. The van der Waals surface area contributed by atoms with Crippen LogP contribution in [0.3, 0.4) is 0 Å². The van der Waals surface area contributed by atoms with E-state index in [1.54, 1.807) is 7.11 Å². The van der Waals surface area contributed by atoms with E-state index in [1.807, 2.05) is 19.1 Å². The molecule has 0 bridgehead atoms. The Hall–Kier alpha value is -1.78. The predicted molar refractivity (Wildman–Crippen MR) is 84.2 cm³/mol. The fourth-order valence-corrected chi connectivity index (χ4v) is 2.19. The lowest BCUT2D eigenvalue weighted by Crippen LogP contribution is -2.20. The summed E-state index contributed by atoms with van der Waals surface area (Å²) < 4.78 is 5.02. The number of methoxy groups -OCH3 is 1. The lowest BCUT2D eigenvalue weighted by Gasteiger charge is -2.07. The van der Waals surface area contributed by atoms with Crippen LogP contribution in [0, 0.1) is 6.92 Å². The summed E-state index contributed by atoms with van der Waals surface area (Å²) >= 11 is 0. The predicted octanol–water partition coefficient (Wildman–Crippen LogP) is 2.31. The van der Waals surface area contributed by atoms with Crippen LogP contribution in [0.15, 0.2) is 36.4 Å². The van der Waals surface area contributed by atoms with Gasteiger partial charge in [0.25, 0.3) is 0 Å². The van der Waals surface area contributed by atoms with Crippen molar-refractivity contribution in [2.75, 3.05) is 20.3 Å². The van der Waals surface area contributed by atoms with Crippen LogP contribution in [-0.4, -0.2) is 30.2 Å². The van der Waals surface area contributed by atoms with Crippen molar-refractivity contribution in [3.8, 4) is 0 Å². The van der Waals surface area contributed by atoms with E-state index < -0.39 is 0 Å². The number of benzene rings is 1. The van der Waals surface area contributed by atoms with Crippen LogP contribution in [0.2, 0.25) is 0 Å². The molecule has 2 aromatic rings. The molecule has 21 heavy (non-hydrogen) atoms. The van der Waals surface area contributed by atoms with Crippen LogP contribution in [0.1, 0.15) is 22.8 Å². The van der Waals surface area contributed by atoms with Gasteiger partial charge >= 0.3 is 0 Å². The summed E-state index contributed by atoms with van der Waals surface area (Å²) in [6.07, 6.45) is 1.84. The molecule has 0 unspecified atom stereocenters. The summed E-state index contributed by atoms with van der Waals surface area (Å²) in [5, 5.41) is 3.32. The van der Waals surface area contributed by atoms with Crippen molar-refractivity contribution in [2.24, 2.45) is 0 Å². The highest BCUT2D eigenvalue weighted by Crippen LogP contribution is 2.06. The smallest absolute Gasteiger partial charge is 0.129 e. The van der Waals surface area contributed by atoms with Gasteiger partial charge in [-0.25, -0.2) is 9.97 Å². The van der Waals surface area contributed by atoms with Gasteiger partial charge in [0.05, 0.1) is 12.3 Å². The fourth-order valence-electron chi connectivity index (χ4n) is 2.19. The molecule has 1 heterocycles. The number of ether oxygens (including phenoxy) is 1. The second-order valence-electron chi connectivity index (χ2n) is 5.07. The van der Waals surface area contributed by atoms with E-state index in [9.17, 15) is 0 Å². The summed E-state index contributed by atoms with van der Waals surface area (Å²) in [5.41, 5.74) is 3.39. The fraction of sp³-hybridized carbons (Fsp3) is 0.412. The number of hydrogen-bond donors (Lipinski definition) is 1. The Labute approximate surface area is 126 Å². The first-order valence-corrected chi connectivity index (χ1v) is 7.35. The van der Waals surface area contributed by atoms with Gasteiger partial charge in [0, 0.05) is 32.3 Å². The summed E-state index contributed by atoms with van der Waals surface area (Å²) in [5.74, 6) is 0.919. The Morgan fingerprint density at radius 2 is 1.90 bits per heavy atom. The molecule has 0 amide bonds. The van der Waals surface area contributed by atoms with Gasteiger partial charge in [-0.15, -0.1) is 0 Å². The second kappa shape index (κ2) is 8.49. The number of hydrogen-bond acceptors (Lipinski definition) is 4. The highest BCUT2D eigenvalue weighted by molar-refractivity contribution is 5.16. The van der Waals surface area contributed by atoms with Crippen molar-refractivity contribution < 1.29 is 4.74 Å². The highest BCUT2D eigenvalue weighted by Gasteiger charge is 2.03. The molecule has 0 saturated carbocycles. The molecular weight excluding hydrogens is 262 g/mol. The number of aryl methyl sites for hydroxylation is 3. The van der Waals surface area contributed by atoms with Gasteiger partial charge < -0.3 is 10.1 Å². The van der Waals surface area contributed by atoms with Crippen molar-refractivity contribution in [3.63, 3.8) is 0 Å². The van der Waals surface area contributed by atoms with E-state index in [2.05, 4.69) is 39.6 Å². The van der Waals surface area contributed by atoms with Gasteiger partial charge in [-0.3, -0.25) is 0 Å². The standard InChI is InChI=1S/C17H23N3O/c1-14-12-16(13-18-10-11-21-2)20-17(19-14)9-8-15-6-4-3-5-7-15/h3-7,12,18H,8-11,13H2,1-2H3. The summed E-state index contributed by atoms with van der Waals surface area (Å²) in [7, 11) is 1.71. The molecule has 0 atom stereocenters. The third kappa shape index (κ3) is 5.61. The molecule has 112 valence electrons. The van der Waals surface area contributed by atoms with E-state index in [-0.39, 0.29) is 0 Å². The zero-order valence-corrected chi connectivity index (χ0v) is 12.8. The molecule has 0 fully saturated rings. The van der Waals surface area contributed by atoms with E-state index in [4.69, 9.17) is 4.74 Å². The van der Waals surface area contributed by atoms with Gasteiger partial charge in [-0.05, 0) is 25.0 Å². The van der Waals surface area contributed by atoms with Gasteiger partial charge in [0.15, 0.2) is 0 Å². The maximum atomic E-state index is 5.02. The number of rotatable bonds is 8. The molecule has 0 radical (unpaired) electrons. The molecule has 0 spiro atoms. The van der Waals surface area contributed by atoms with Gasteiger partial charge in [0.2, 0.25) is 0 Å². The van der Waals surface area contributed by atoms with E-state index in [0.717, 1.165) is 43.1 Å². The minimum Gasteiger partial charge on any atom is -0.383 e. The number of nitrogens with zero attached hydrogens (tertiary/aromatic N) is 2. The third-order valence-corrected chi connectivity index (χ3v) is 3.22. The maximum Gasteiger partial charge on any atom is 0.129 e. The van der Waals surface area contributed by atoms with Crippen LogP contribution in [0.4, 0.5) is 0 Å². The lowest BCUT2D eigenvalue weighted by atomic mass is 10.1. The van der Waals surface area contributed by atoms with Crippen LogP contribution in [0.25, 0.3) is 0 Å². The average Bonchev–Trinajstić information content (AvgIpc) is 2.50.